The monoisotopic (exact) mass is 384 g/mol. The van der Waals surface area contributed by atoms with E-state index >= 15 is 0 Å². The fourth-order valence-corrected chi connectivity index (χ4v) is 4.72. The minimum Gasteiger partial charge on any atom is -0.355 e. The molecule has 1 aliphatic heterocycles. The zero-order valence-electron chi connectivity index (χ0n) is 16.2. The quantitative estimate of drug-likeness (QED) is 0.858. The second kappa shape index (κ2) is 7.37. The van der Waals surface area contributed by atoms with Gasteiger partial charge >= 0.3 is 0 Å². The van der Waals surface area contributed by atoms with Gasteiger partial charge in [-0.25, -0.2) is 4.39 Å². The van der Waals surface area contributed by atoms with Crippen LogP contribution in [0.4, 0.5) is 4.39 Å². The molecule has 1 aliphatic carbocycles. The van der Waals surface area contributed by atoms with Crippen LogP contribution in [-0.2, 0) is 18.3 Å². The van der Waals surface area contributed by atoms with Crippen LogP contribution in [0.3, 0.4) is 0 Å². The summed E-state index contributed by atoms with van der Waals surface area (Å²) in [5.74, 6) is -0.270. The van der Waals surface area contributed by atoms with Gasteiger partial charge in [0.1, 0.15) is 11.5 Å². The second-order valence-corrected chi connectivity index (χ2v) is 7.85. The Morgan fingerprint density at radius 3 is 2.82 bits per heavy atom. The molecule has 28 heavy (non-hydrogen) atoms. The molecule has 1 saturated carbocycles. The molecule has 4 rings (SSSR count). The predicted molar refractivity (Wildman–Crippen MR) is 102 cm³/mol. The van der Waals surface area contributed by atoms with Crippen LogP contribution < -0.4 is 5.32 Å². The number of nitrogens with one attached hydrogen (secondary N) is 1. The molecule has 2 fully saturated rings. The number of likely N-dealkylation sites (tertiary alicyclic amines) is 1. The van der Waals surface area contributed by atoms with Crippen LogP contribution in [-0.4, -0.2) is 45.6 Å². The summed E-state index contributed by atoms with van der Waals surface area (Å²) >= 11 is 0. The highest BCUT2D eigenvalue weighted by atomic mass is 19.1. The van der Waals surface area contributed by atoms with Crippen LogP contribution in [0.15, 0.2) is 30.3 Å². The summed E-state index contributed by atoms with van der Waals surface area (Å²) in [7, 11) is 1.77. The lowest BCUT2D eigenvalue weighted by Gasteiger charge is -2.27. The smallest absolute Gasteiger partial charge is 0.272 e. The summed E-state index contributed by atoms with van der Waals surface area (Å²) < 4.78 is 14.9. The Kier molecular flexibility index (Phi) is 4.91. The Hall–Kier alpha value is -2.70. The van der Waals surface area contributed by atoms with Gasteiger partial charge in [-0.05, 0) is 55.9 Å². The van der Waals surface area contributed by atoms with Gasteiger partial charge in [-0.3, -0.25) is 14.3 Å². The number of aryl methyl sites for hydroxylation is 2. The highest BCUT2D eigenvalue weighted by molar-refractivity contribution is 5.94. The van der Waals surface area contributed by atoms with Gasteiger partial charge in [-0.1, -0.05) is 12.1 Å². The van der Waals surface area contributed by atoms with Crippen LogP contribution in [0.2, 0.25) is 0 Å². The third kappa shape index (κ3) is 3.41. The number of carbonyl (C=O) groups is 2. The lowest BCUT2D eigenvalue weighted by molar-refractivity contribution is -0.125. The Bertz CT molecular complexity index is 910. The van der Waals surface area contributed by atoms with Gasteiger partial charge in [0.15, 0.2) is 0 Å². The summed E-state index contributed by atoms with van der Waals surface area (Å²) in [6.45, 7) is 2.95. The molecule has 1 N–H and O–H groups in total. The van der Waals surface area contributed by atoms with E-state index < -0.39 is 0 Å². The molecule has 1 aromatic heterocycles. The van der Waals surface area contributed by atoms with Crippen molar-refractivity contribution in [3.63, 3.8) is 0 Å². The maximum atomic E-state index is 13.3. The summed E-state index contributed by atoms with van der Waals surface area (Å²) in [5, 5.41) is 7.25. The number of hydrogen-bond donors (Lipinski definition) is 1. The average Bonchev–Trinajstić information content (AvgIpc) is 3.33. The maximum Gasteiger partial charge on any atom is 0.272 e. The molecule has 0 spiro atoms. The SMILES string of the molecule is Cc1cc(C(=O)N2C[C@@H]3CC[C@H]2[C@@H]3C(=O)NCCc2cccc(F)c2)n(C)n1. The minimum absolute atomic E-state index is 0.000361. The number of benzene rings is 1. The Morgan fingerprint density at radius 1 is 1.29 bits per heavy atom. The minimum atomic E-state index is -0.266. The average molecular weight is 384 g/mol. The molecule has 0 unspecified atom stereocenters. The Balaban J connectivity index is 1.38. The number of hydrogen-bond acceptors (Lipinski definition) is 3. The first-order chi connectivity index (χ1) is 13.4. The highest BCUT2D eigenvalue weighted by Gasteiger charge is 2.52. The fraction of sp³-hybridized carbons (Fsp3) is 0.476. The zero-order chi connectivity index (χ0) is 19.8. The van der Waals surface area contributed by atoms with E-state index in [0.717, 1.165) is 24.1 Å². The number of nitrogens with zero attached hydrogens (tertiary/aromatic N) is 3. The lowest BCUT2D eigenvalue weighted by Crippen LogP contribution is -2.42. The first kappa shape index (κ1) is 18.7. The van der Waals surface area contributed by atoms with E-state index in [9.17, 15) is 14.0 Å². The van der Waals surface area contributed by atoms with Crippen LogP contribution >= 0.6 is 0 Å². The molecule has 148 valence electrons. The fourth-order valence-electron chi connectivity index (χ4n) is 4.72. The standard InChI is InChI=1S/C21H25FN4O2/c1-13-10-18(25(2)24-13)21(28)26-12-15-6-7-17(26)19(15)20(27)23-9-8-14-4-3-5-16(22)11-14/h3-5,10-11,15,17,19H,6-9,12H2,1-2H3,(H,23,27)/t15-,17-,19+/m0/s1. The molecule has 2 aromatic rings. The van der Waals surface area contributed by atoms with E-state index in [1.54, 1.807) is 23.9 Å². The molecular formula is C21H25FN4O2. The number of piperidine rings is 1. The molecule has 7 heteroatoms. The van der Waals surface area contributed by atoms with E-state index in [-0.39, 0.29) is 35.5 Å². The largest absolute Gasteiger partial charge is 0.355 e. The third-order valence-electron chi connectivity index (χ3n) is 5.97. The van der Waals surface area contributed by atoms with E-state index in [0.29, 0.717) is 25.2 Å². The molecule has 6 nitrogen and oxygen atoms in total. The summed E-state index contributed by atoms with van der Waals surface area (Å²) in [4.78, 5) is 27.6. The molecule has 1 aromatic carbocycles. The van der Waals surface area contributed by atoms with Gasteiger partial charge in [0.25, 0.3) is 5.91 Å². The van der Waals surface area contributed by atoms with Crippen LogP contribution in [0.25, 0.3) is 0 Å². The Morgan fingerprint density at radius 2 is 2.11 bits per heavy atom. The molecule has 2 aliphatic rings. The zero-order valence-corrected chi connectivity index (χ0v) is 16.2. The second-order valence-electron chi connectivity index (χ2n) is 7.85. The maximum absolute atomic E-state index is 13.3. The molecule has 2 heterocycles. The molecule has 1 saturated heterocycles. The van der Waals surface area contributed by atoms with Crippen molar-refractivity contribution in [3.8, 4) is 0 Å². The van der Waals surface area contributed by atoms with Crippen LogP contribution in [0, 0.1) is 24.6 Å². The first-order valence-electron chi connectivity index (χ1n) is 9.78. The van der Waals surface area contributed by atoms with Crippen molar-refractivity contribution in [2.24, 2.45) is 18.9 Å². The van der Waals surface area contributed by atoms with Crippen LogP contribution in [0.5, 0.6) is 0 Å². The van der Waals surface area contributed by atoms with Crippen molar-refractivity contribution >= 4 is 11.8 Å². The molecule has 2 amide bonds. The molecular weight excluding hydrogens is 359 g/mol. The van der Waals surface area contributed by atoms with Gasteiger partial charge in [0, 0.05) is 26.2 Å². The van der Waals surface area contributed by atoms with Crippen molar-refractivity contribution in [2.45, 2.75) is 32.2 Å². The number of aromatic nitrogens is 2. The van der Waals surface area contributed by atoms with E-state index in [1.807, 2.05) is 17.9 Å². The highest BCUT2D eigenvalue weighted by Crippen LogP contribution is 2.43. The normalized spacial score (nSPS) is 23.2. The Labute approximate surface area is 163 Å². The van der Waals surface area contributed by atoms with E-state index in [4.69, 9.17) is 0 Å². The van der Waals surface area contributed by atoms with Crippen molar-refractivity contribution in [2.75, 3.05) is 13.1 Å². The number of rotatable bonds is 5. The lowest BCUT2D eigenvalue weighted by atomic mass is 9.97. The topological polar surface area (TPSA) is 67.2 Å². The summed E-state index contributed by atoms with van der Waals surface area (Å²) in [5.41, 5.74) is 2.23. The predicted octanol–water partition coefficient (Wildman–Crippen LogP) is 2.08. The van der Waals surface area contributed by atoms with Crippen molar-refractivity contribution in [1.29, 1.82) is 0 Å². The van der Waals surface area contributed by atoms with Gasteiger partial charge in [0.05, 0.1) is 11.6 Å². The van der Waals surface area contributed by atoms with Crippen molar-refractivity contribution in [1.82, 2.24) is 20.0 Å². The first-order valence-corrected chi connectivity index (χ1v) is 9.78. The van der Waals surface area contributed by atoms with Gasteiger partial charge in [-0.15, -0.1) is 0 Å². The number of fused-ring (bicyclic) bond motifs is 2. The van der Waals surface area contributed by atoms with E-state index in [2.05, 4.69) is 10.4 Å². The molecule has 0 radical (unpaired) electrons. The summed E-state index contributed by atoms with van der Waals surface area (Å²) in [6, 6.07) is 8.16. The number of carbonyl (C=O) groups excluding carboxylic acids is 2. The molecule has 2 bridgehead atoms. The van der Waals surface area contributed by atoms with Gasteiger partial charge < -0.3 is 10.2 Å². The van der Waals surface area contributed by atoms with Gasteiger partial charge in [0.2, 0.25) is 5.91 Å². The molecule has 3 atom stereocenters. The third-order valence-corrected chi connectivity index (χ3v) is 5.97. The summed E-state index contributed by atoms with van der Waals surface area (Å²) in [6.07, 6.45) is 2.42. The number of amides is 2. The number of halogens is 1. The van der Waals surface area contributed by atoms with E-state index in [1.165, 1.54) is 12.1 Å². The van der Waals surface area contributed by atoms with Crippen molar-refractivity contribution in [3.05, 3.63) is 53.1 Å². The van der Waals surface area contributed by atoms with Crippen molar-refractivity contribution < 1.29 is 14.0 Å². The van der Waals surface area contributed by atoms with Crippen LogP contribution in [0.1, 0.15) is 34.6 Å². The van der Waals surface area contributed by atoms with Gasteiger partial charge in [-0.2, -0.15) is 5.10 Å².